The molecule has 0 saturated carbocycles. The number of carboxylic acid groups (broad SMARTS) is 1. The second kappa shape index (κ2) is 14.9. The van der Waals surface area contributed by atoms with Gasteiger partial charge in [0.25, 0.3) is 0 Å². The summed E-state index contributed by atoms with van der Waals surface area (Å²) in [5, 5.41) is 14.6. The summed E-state index contributed by atoms with van der Waals surface area (Å²) in [7, 11) is 2.62. The van der Waals surface area contributed by atoms with Crippen molar-refractivity contribution in [1.29, 1.82) is 0 Å². The number of nitrogens with two attached hydrogens (primary N) is 1. The van der Waals surface area contributed by atoms with E-state index in [1.807, 2.05) is 18.2 Å². The quantitative estimate of drug-likeness (QED) is 0.113. The van der Waals surface area contributed by atoms with Crippen molar-refractivity contribution >= 4 is 76.1 Å². The van der Waals surface area contributed by atoms with E-state index in [0.29, 0.717) is 6.54 Å². The van der Waals surface area contributed by atoms with Crippen molar-refractivity contribution < 1.29 is 19.5 Å². The van der Waals surface area contributed by atoms with E-state index >= 15 is 0 Å². The normalized spacial score (nSPS) is 13.0. The van der Waals surface area contributed by atoms with E-state index in [4.69, 9.17) is 10.8 Å². The first-order valence-corrected chi connectivity index (χ1v) is 19.3. The first-order valence-electron chi connectivity index (χ1n) is 12.4. The number of carboxylic acids is 1. The van der Waals surface area contributed by atoms with E-state index in [0.717, 1.165) is 12.6 Å². The van der Waals surface area contributed by atoms with Crippen LogP contribution < -0.4 is 32.3 Å². The van der Waals surface area contributed by atoms with Gasteiger partial charge in [-0.3, -0.25) is 4.79 Å². The first-order chi connectivity index (χ1) is 18.7. The Labute approximate surface area is 245 Å². The smallest absolute Gasteiger partial charge is 0.480 e. The summed E-state index contributed by atoms with van der Waals surface area (Å²) >= 11 is 4.41. The van der Waals surface area contributed by atoms with Crippen molar-refractivity contribution in [3.8, 4) is 0 Å². The van der Waals surface area contributed by atoms with Crippen molar-refractivity contribution in [1.82, 2.24) is 10.6 Å². The molecule has 0 aliphatic rings. The Bertz CT molecular complexity index is 1140. The Kier molecular flexibility index (Phi) is 11.9. The Hall–Kier alpha value is -2.36. The van der Waals surface area contributed by atoms with Gasteiger partial charge in [0.05, 0.1) is 0 Å². The number of hydrogen-bond donors (Lipinski definition) is 4. The summed E-state index contributed by atoms with van der Waals surface area (Å²) in [5.74, 6) is -1.25. The second-order valence-electron chi connectivity index (χ2n) is 8.88. The Morgan fingerprint density at radius 3 is 1.77 bits per heavy atom. The van der Waals surface area contributed by atoms with E-state index in [-0.39, 0.29) is 17.4 Å². The molecular weight excluding hydrogens is 617 g/mol. The van der Waals surface area contributed by atoms with Crippen LogP contribution in [0.25, 0.3) is 0 Å². The molecule has 1 atom stereocenters. The van der Waals surface area contributed by atoms with Crippen LogP contribution in [0.1, 0.15) is 6.42 Å². The van der Waals surface area contributed by atoms with Gasteiger partial charge in [0.1, 0.15) is 6.54 Å². The van der Waals surface area contributed by atoms with Crippen LogP contribution in [0.3, 0.4) is 0 Å². The average molecular weight is 651 g/mol. The molecule has 0 bridgehead atoms. The summed E-state index contributed by atoms with van der Waals surface area (Å²) in [5.41, 5.74) is 5.78. The summed E-state index contributed by atoms with van der Waals surface area (Å²) in [6, 6.07) is 30.8. The summed E-state index contributed by atoms with van der Waals surface area (Å²) in [6.07, 6.45) is 1.59. The van der Waals surface area contributed by atoms with Gasteiger partial charge < -0.3 is 5.11 Å². The average Bonchev–Trinajstić information content (AvgIpc) is 2.97. The number of amides is 2. The molecule has 3 aromatic carbocycles. The molecule has 39 heavy (non-hydrogen) atoms. The first kappa shape index (κ1) is 31.2. The minimum atomic E-state index is -3.02. The number of rotatable bonds is 15. The van der Waals surface area contributed by atoms with Gasteiger partial charge >= 0.3 is 230 Å². The maximum absolute atomic E-state index is 12.5. The van der Waals surface area contributed by atoms with Gasteiger partial charge in [0.15, 0.2) is 0 Å². The topological polar surface area (TPSA) is 122 Å². The number of carbonyl (C=O) groups excluding carboxylic acids is 2. The Morgan fingerprint density at radius 1 is 0.821 bits per heavy atom. The molecule has 0 saturated heterocycles. The van der Waals surface area contributed by atoms with E-state index in [9.17, 15) is 14.4 Å². The molecule has 0 radical (unpaired) electrons. The molecule has 3 rings (SSSR count). The van der Waals surface area contributed by atoms with Crippen molar-refractivity contribution in [2.24, 2.45) is 5.73 Å². The van der Waals surface area contributed by atoms with Gasteiger partial charge in [-0.25, -0.2) is 0 Å². The molecular formula is C28H33BrN3O4PS2. The van der Waals surface area contributed by atoms with Crippen LogP contribution in [-0.2, 0) is 14.4 Å². The maximum atomic E-state index is 12.5. The minimum absolute atomic E-state index is 0.0922. The van der Waals surface area contributed by atoms with Crippen LogP contribution in [0, 0.1) is 0 Å². The van der Waals surface area contributed by atoms with Crippen LogP contribution in [0.5, 0.6) is 0 Å². The van der Waals surface area contributed by atoms with E-state index in [1.165, 1.54) is 37.5 Å². The van der Waals surface area contributed by atoms with Crippen LogP contribution in [-0.4, -0.2) is 59.7 Å². The third-order valence-corrected chi connectivity index (χ3v) is 18.6. The van der Waals surface area contributed by atoms with Crippen LogP contribution in [0.15, 0.2) is 91.0 Å². The molecule has 11 heteroatoms. The summed E-state index contributed by atoms with van der Waals surface area (Å²) in [4.78, 5) is 34.8. The number of aliphatic carboxylic acids is 1. The number of hydrogen-bond acceptors (Lipinski definition) is 6. The molecule has 0 spiro atoms. The monoisotopic (exact) mass is 649 g/mol. The van der Waals surface area contributed by atoms with Crippen molar-refractivity contribution in [2.45, 2.75) is 12.5 Å². The van der Waals surface area contributed by atoms with Crippen molar-refractivity contribution in [3.05, 3.63) is 91.0 Å². The molecule has 5 N–H and O–H groups in total. The summed E-state index contributed by atoms with van der Waals surface area (Å²) < 4.78 is 0. The molecule has 0 fully saturated rings. The molecule has 208 valence electrons. The van der Waals surface area contributed by atoms with Gasteiger partial charge in [-0.2, -0.15) is 0 Å². The fourth-order valence-electron chi connectivity index (χ4n) is 4.29. The van der Waals surface area contributed by atoms with E-state index < -0.39 is 29.8 Å². The van der Waals surface area contributed by atoms with Gasteiger partial charge in [-0.1, -0.05) is 0 Å². The van der Waals surface area contributed by atoms with Gasteiger partial charge in [0, 0.05) is 0 Å². The SMILES string of the molecule is N[C@@H](CSSCC(=O)NCCCP(Br)(c1ccccc1)(c1ccccc1)c1ccccc1)C(=O)NCC(=O)O. The molecule has 0 heterocycles. The Morgan fingerprint density at radius 2 is 1.31 bits per heavy atom. The van der Waals surface area contributed by atoms with E-state index in [2.05, 4.69) is 98.9 Å². The third kappa shape index (κ3) is 8.08. The van der Waals surface area contributed by atoms with Gasteiger partial charge in [-0.15, -0.1) is 0 Å². The third-order valence-electron chi connectivity index (χ3n) is 6.23. The van der Waals surface area contributed by atoms with Crippen molar-refractivity contribution in [3.63, 3.8) is 0 Å². The zero-order chi connectivity index (χ0) is 28.2. The molecule has 2 amide bonds. The van der Waals surface area contributed by atoms with Crippen LogP contribution >= 0.6 is 42.4 Å². The van der Waals surface area contributed by atoms with E-state index in [1.54, 1.807) is 0 Å². The summed E-state index contributed by atoms with van der Waals surface area (Å²) in [6.45, 7) is 0.0571. The number of carbonyl (C=O) groups is 3. The predicted octanol–water partition coefficient (Wildman–Crippen LogP) is 3.24. The predicted molar refractivity (Wildman–Crippen MR) is 170 cm³/mol. The van der Waals surface area contributed by atoms with Gasteiger partial charge in [-0.05, 0) is 0 Å². The van der Waals surface area contributed by atoms with Crippen LogP contribution in [0.2, 0.25) is 0 Å². The zero-order valence-corrected chi connectivity index (χ0v) is 25.5. The molecule has 0 unspecified atom stereocenters. The number of halogens is 1. The van der Waals surface area contributed by atoms with Gasteiger partial charge in [0.2, 0.25) is 0 Å². The molecule has 0 aromatic heterocycles. The standard InChI is InChI=1S/C28H33BrN3O4PS2/c29-37(22-11-4-1-5-12-22,23-13-6-2-7-14-23,24-15-8-3-9-16-24)18-10-17-31-26(33)21-39-38-20-25(30)28(36)32-19-27(34)35/h1-9,11-16,25H,10,17-21,30H2,(H,31,33)(H,32,36)(H,34,35)/t25-/m0/s1. The number of nitrogens with one attached hydrogen (secondary N) is 2. The van der Waals surface area contributed by atoms with Crippen molar-refractivity contribution in [2.75, 3.05) is 30.8 Å². The Balaban J connectivity index is 1.61. The molecule has 7 nitrogen and oxygen atoms in total. The molecule has 3 aromatic rings. The number of benzene rings is 3. The van der Waals surface area contributed by atoms with Crippen LogP contribution in [0.4, 0.5) is 0 Å². The second-order valence-corrected chi connectivity index (χ2v) is 20.4. The minimum Gasteiger partial charge on any atom is -0.480 e. The fraction of sp³-hybridized carbons (Fsp3) is 0.250. The molecule has 0 aliphatic heterocycles. The zero-order valence-electron chi connectivity index (χ0n) is 21.4. The fourth-order valence-corrected chi connectivity index (χ4v) is 14.0. The molecule has 0 aliphatic carbocycles.